The zero-order valence-electron chi connectivity index (χ0n) is 26.7. The van der Waals surface area contributed by atoms with Gasteiger partial charge in [0.15, 0.2) is 13.0 Å². The first kappa shape index (κ1) is 28.7. The Morgan fingerprint density at radius 1 is 0.460 bits per heavy atom. The minimum atomic E-state index is -3.20. The van der Waals surface area contributed by atoms with Gasteiger partial charge < -0.3 is 4.57 Å². The maximum absolute atomic E-state index is 15.5. The Kier molecular flexibility index (Phi) is 6.39. The number of nitrogens with zero attached hydrogens (tertiary/aromatic N) is 4. The SMILES string of the molecule is O=P(c1ccccc1)(c1ccccc1)c1ccc2ccc3c(-c4ncc(-c5ccc6ccc7cccnc7c6n5)cn4)ccc4ccc1c2c43. The van der Waals surface area contributed by atoms with Crippen LogP contribution in [0.2, 0.25) is 0 Å². The number of benzene rings is 7. The van der Waals surface area contributed by atoms with Crippen LogP contribution in [0.1, 0.15) is 0 Å². The fourth-order valence-corrected chi connectivity index (χ4v) is 10.3. The van der Waals surface area contributed by atoms with Crippen molar-refractivity contribution in [1.82, 2.24) is 19.9 Å². The molecular formula is C44H27N4OP. The molecule has 10 rings (SSSR count). The van der Waals surface area contributed by atoms with Gasteiger partial charge in [0.25, 0.3) is 0 Å². The summed E-state index contributed by atoms with van der Waals surface area (Å²) in [7, 11) is -3.20. The van der Waals surface area contributed by atoms with E-state index >= 15 is 4.57 Å². The lowest BCUT2D eigenvalue weighted by Gasteiger charge is -2.23. The van der Waals surface area contributed by atoms with Gasteiger partial charge in [-0.2, -0.15) is 0 Å². The van der Waals surface area contributed by atoms with Crippen molar-refractivity contribution in [2.24, 2.45) is 0 Å². The third kappa shape index (κ3) is 4.31. The molecule has 6 heteroatoms. The fourth-order valence-electron chi connectivity index (χ4n) is 7.44. The molecule has 0 fully saturated rings. The first-order valence-corrected chi connectivity index (χ1v) is 18.3. The molecule has 0 amide bonds. The van der Waals surface area contributed by atoms with Crippen LogP contribution in [0.3, 0.4) is 0 Å². The standard InChI is InChI=1S/C44H27N4OP/c49-50(33-9-3-1-4-10-33,34-11-5-2-6-12-34)39-24-19-29-15-20-35-36(21-16-28-17-22-37(39)41(29)40(28)35)44-46-26-32(27-47-44)38-23-18-31-14-13-30-8-7-25-45-42(30)43(31)48-38/h1-27H. The first-order chi connectivity index (χ1) is 24.7. The highest BCUT2D eigenvalue weighted by Crippen LogP contribution is 2.47. The molecule has 234 valence electrons. The number of hydrogen-bond acceptors (Lipinski definition) is 5. The lowest BCUT2D eigenvalue weighted by molar-refractivity contribution is 0.592. The Labute approximate surface area is 287 Å². The number of pyridine rings is 2. The maximum Gasteiger partial charge on any atom is 0.171 e. The van der Waals surface area contributed by atoms with E-state index in [0.717, 1.165) is 86.9 Å². The normalized spacial score (nSPS) is 12.1. The fraction of sp³-hybridized carbons (Fsp3) is 0. The van der Waals surface area contributed by atoms with Gasteiger partial charge in [0.1, 0.15) is 0 Å². The van der Waals surface area contributed by atoms with Gasteiger partial charge in [0.2, 0.25) is 0 Å². The van der Waals surface area contributed by atoms with Gasteiger partial charge in [-0.1, -0.05) is 121 Å². The molecule has 0 aliphatic rings. The summed E-state index contributed by atoms with van der Waals surface area (Å²) in [5.41, 5.74) is 4.32. The summed E-state index contributed by atoms with van der Waals surface area (Å²) in [5, 5.41) is 11.1. The average molecular weight is 659 g/mol. The summed E-state index contributed by atoms with van der Waals surface area (Å²) in [4.78, 5) is 19.3. The van der Waals surface area contributed by atoms with Gasteiger partial charge in [-0.15, -0.1) is 0 Å². The Morgan fingerprint density at radius 3 is 1.76 bits per heavy atom. The van der Waals surface area contributed by atoms with E-state index in [1.165, 1.54) is 0 Å². The first-order valence-electron chi connectivity index (χ1n) is 16.6. The van der Waals surface area contributed by atoms with Crippen molar-refractivity contribution in [3.05, 3.63) is 164 Å². The third-order valence-electron chi connectivity index (χ3n) is 9.84. The highest BCUT2D eigenvalue weighted by molar-refractivity contribution is 7.85. The lowest BCUT2D eigenvalue weighted by Crippen LogP contribution is -2.25. The topological polar surface area (TPSA) is 68.6 Å². The van der Waals surface area contributed by atoms with Crippen molar-refractivity contribution >= 4 is 77.2 Å². The Bertz CT molecular complexity index is 2900. The molecule has 3 heterocycles. The van der Waals surface area contributed by atoms with Crippen LogP contribution < -0.4 is 15.9 Å². The van der Waals surface area contributed by atoms with E-state index < -0.39 is 7.14 Å². The van der Waals surface area contributed by atoms with Crippen LogP contribution in [-0.4, -0.2) is 19.9 Å². The zero-order chi connectivity index (χ0) is 33.2. The monoisotopic (exact) mass is 658 g/mol. The minimum Gasteiger partial charge on any atom is -0.309 e. The van der Waals surface area contributed by atoms with E-state index in [0.29, 0.717) is 5.82 Å². The quantitative estimate of drug-likeness (QED) is 0.136. The van der Waals surface area contributed by atoms with E-state index in [2.05, 4.69) is 77.8 Å². The molecule has 0 saturated carbocycles. The largest absolute Gasteiger partial charge is 0.309 e. The minimum absolute atomic E-state index is 0.638. The van der Waals surface area contributed by atoms with Crippen LogP contribution in [0.5, 0.6) is 0 Å². The van der Waals surface area contributed by atoms with Gasteiger partial charge in [0.05, 0.1) is 16.7 Å². The average Bonchev–Trinajstić information content (AvgIpc) is 3.20. The molecule has 0 aliphatic heterocycles. The van der Waals surface area contributed by atoms with Gasteiger partial charge in [-0.25, -0.2) is 15.0 Å². The second-order valence-electron chi connectivity index (χ2n) is 12.6. The molecule has 0 unspecified atom stereocenters. The summed E-state index contributed by atoms with van der Waals surface area (Å²) in [6, 6.07) is 49.0. The van der Waals surface area contributed by atoms with Crippen LogP contribution in [0, 0.1) is 0 Å². The van der Waals surface area contributed by atoms with Crippen molar-refractivity contribution in [3.8, 4) is 22.6 Å². The van der Waals surface area contributed by atoms with E-state index in [4.69, 9.17) is 15.0 Å². The predicted octanol–water partition coefficient (Wildman–Crippen LogP) is 9.44. The Morgan fingerprint density at radius 2 is 1.04 bits per heavy atom. The zero-order valence-corrected chi connectivity index (χ0v) is 27.6. The molecule has 0 atom stereocenters. The van der Waals surface area contributed by atoms with E-state index in [1.807, 2.05) is 85.2 Å². The smallest absolute Gasteiger partial charge is 0.171 e. The number of hydrogen-bond donors (Lipinski definition) is 0. The predicted molar refractivity (Wildman–Crippen MR) is 207 cm³/mol. The molecular weight excluding hydrogens is 631 g/mol. The Hall–Kier alpha value is -6.29. The molecule has 0 N–H and O–H groups in total. The summed E-state index contributed by atoms with van der Waals surface area (Å²) < 4.78 is 15.5. The number of rotatable bonds is 5. The van der Waals surface area contributed by atoms with Gasteiger partial charge >= 0.3 is 0 Å². The van der Waals surface area contributed by atoms with Crippen molar-refractivity contribution in [2.75, 3.05) is 0 Å². The molecule has 0 bridgehead atoms. The van der Waals surface area contributed by atoms with Gasteiger partial charge in [0, 0.05) is 56.4 Å². The number of aromatic nitrogens is 4. The summed E-state index contributed by atoms with van der Waals surface area (Å²) in [6.45, 7) is 0. The summed E-state index contributed by atoms with van der Waals surface area (Å²) in [6.07, 6.45) is 5.50. The van der Waals surface area contributed by atoms with Crippen molar-refractivity contribution < 1.29 is 4.57 Å². The Balaban J connectivity index is 1.13. The molecule has 0 spiro atoms. The molecule has 7 aromatic carbocycles. The second-order valence-corrected chi connectivity index (χ2v) is 15.3. The molecule has 3 aromatic heterocycles. The van der Waals surface area contributed by atoms with Crippen LogP contribution in [0.4, 0.5) is 0 Å². The van der Waals surface area contributed by atoms with Crippen LogP contribution in [0.15, 0.2) is 164 Å². The van der Waals surface area contributed by atoms with E-state index in [1.54, 1.807) is 6.20 Å². The molecule has 10 aromatic rings. The highest BCUT2D eigenvalue weighted by Gasteiger charge is 2.32. The van der Waals surface area contributed by atoms with Crippen LogP contribution >= 0.6 is 7.14 Å². The van der Waals surface area contributed by atoms with Gasteiger partial charge in [-0.3, -0.25) is 4.98 Å². The van der Waals surface area contributed by atoms with Crippen molar-refractivity contribution in [3.63, 3.8) is 0 Å². The van der Waals surface area contributed by atoms with Crippen LogP contribution in [-0.2, 0) is 4.57 Å². The molecule has 0 radical (unpaired) electrons. The summed E-state index contributed by atoms with van der Waals surface area (Å²) >= 11 is 0. The lowest BCUT2D eigenvalue weighted by atomic mass is 9.91. The van der Waals surface area contributed by atoms with Gasteiger partial charge in [-0.05, 0) is 56.6 Å². The van der Waals surface area contributed by atoms with Crippen LogP contribution in [0.25, 0.3) is 76.8 Å². The van der Waals surface area contributed by atoms with E-state index in [9.17, 15) is 0 Å². The van der Waals surface area contributed by atoms with Crippen molar-refractivity contribution in [2.45, 2.75) is 0 Å². The highest BCUT2D eigenvalue weighted by atomic mass is 31.2. The third-order valence-corrected chi connectivity index (χ3v) is 13.0. The maximum atomic E-state index is 15.5. The molecule has 50 heavy (non-hydrogen) atoms. The number of fused-ring (bicyclic) bond motifs is 3. The molecule has 0 saturated heterocycles. The molecule has 5 nitrogen and oxygen atoms in total. The molecule has 0 aliphatic carbocycles. The second kappa shape index (κ2) is 11.1. The van der Waals surface area contributed by atoms with Crippen molar-refractivity contribution in [1.29, 1.82) is 0 Å². The summed E-state index contributed by atoms with van der Waals surface area (Å²) in [5.74, 6) is 0.638. The van der Waals surface area contributed by atoms with E-state index in [-0.39, 0.29) is 0 Å².